The van der Waals surface area contributed by atoms with Gasteiger partial charge in [0.05, 0.1) is 14.2 Å². The standard InChI is InChI=1S/C16H15NO6S2/c1-21-12-8-10-14(11-9-12)25(19,20)23-17-15(16(18)22-2)24-13-6-4-3-5-7-13/h3-11H,1-2H3. The van der Waals surface area contributed by atoms with Crippen LogP contribution in [0.4, 0.5) is 0 Å². The van der Waals surface area contributed by atoms with Crippen LogP contribution in [0.2, 0.25) is 0 Å². The normalized spacial score (nSPS) is 11.7. The van der Waals surface area contributed by atoms with Crippen molar-refractivity contribution in [3.63, 3.8) is 0 Å². The van der Waals surface area contributed by atoms with Gasteiger partial charge >= 0.3 is 16.1 Å². The number of ether oxygens (including phenoxy) is 2. The Morgan fingerprint density at radius 1 is 1.00 bits per heavy atom. The van der Waals surface area contributed by atoms with Crippen LogP contribution in [-0.4, -0.2) is 33.7 Å². The minimum Gasteiger partial charge on any atom is -0.497 e. The number of carbonyl (C=O) groups is 1. The van der Waals surface area contributed by atoms with Crippen molar-refractivity contribution in [2.45, 2.75) is 9.79 Å². The molecule has 0 atom stereocenters. The van der Waals surface area contributed by atoms with E-state index in [1.165, 1.54) is 38.5 Å². The van der Waals surface area contributed by atoms with Crippen LogP contribution in [-0.2, 0) is 23.9 Å². The fourth-order valence-corrected chi connectivity index (χ4v) is 3.19. The van der Waals surface area contributed by atoms with Crippen molar-refractivity contribution in [2.24, 2.45) is 5.16 Å². The van der Waals surface area contributed by atoms with Gasteiger partial charge < -0.3 is 9.47 Å². The van der Waals surface area contributed by atoms with Gasteiger partial charge in [-0.05, 0) is 36.4 Å². The van der Waals surface area contributed by atoms with E-state index in [2.05, 4.69) is 14.2 Å². The van der Waals surface area contributed by atoms with E-state index in [-0.39, 0.29) is 9.94 Å². The largest absolute Gasteiger partial charge is 0.497 e. The maximum Gasteiger partial charge on any atom is 0.367 e. The first-order valence-corrected chi connectivity index (χ1v) is 9.15. The van der Waals surface area contributed by atoms with Gasteiger partial charge in [0.1, 0.15) is 10.6 Å². The summed E-state index contributed by atoms with van der Waals surface area (Å²) >= 11 is 0.929. The first kappa shape index (κ1) is 18.8. The van der Waals surface area contributed by atoms with Gasteiger partial charge in [0.15, 0.2) is 0 Å². The lowest BCUT2D eigenvalue weighted by atomic mass is 10.3. The lowest BCUT2D eigenvalue weighted by molar-refractivity contribution is -0.132. The van der Waals surface area contributed by atoms with E-state index in [1.54, 1.807) is 24.3 Å². The molecule has 7 nitrogen and oxygen atoms in total. The smallest absolute Gasteiger partial charge is 0.367 e. The van der Waals surface area contributed by atoms with Gasteiger partial charge in [-0.1, -0.05) is 35.1 Å². The summed E-state index contributed by atoms with van der Waals surface area (Å²) in [6.07, 6.45) is 0. The van der Waals surface area contributed by atoms with E-state index >= 15 is 0 Å². The molecule has 0 unspecified atom stereocenters. The van der Waals surface area contributed by atoms with Crippen LogP contribution in [0.1, 0.15) is 0 Å². The van der Waals surface area contributed by atoms with Crippen molar-refractivity contribution in [1.82, 2.24) is 0 Å². The minimum atomic E-state index is -4.18. The predicted molar refractivity (Wildman–Crippen MR) is 93.0 cm³/mol. The third-order valence-electron chi connectivity index (χ3n) is 2.88. The highest BCUT2D eigenvalue weighted by Crippen LogP contribution is 2.22. The molecule has 0 aromatic heterocycles. The zero-order valence-corrected chi connectivity index (χ0v) is 15.0. The molecule has 9 heteroatoms. The molecule has 0 spiro atoms. The Bertz CT molecular complexity index is 848. The summed E-state index contributed by atoms with van der Waals surface area (Å²) in [5, 5.41) is 3.22. The number of methoxy groups -OCH3 is 2. The number of hydrogen-bond acceptors (Lipinski definition) is 8. The molecule has 0 saturated heterocycles. The average molecular weight is 381 g/mol. The van der Waals surface area contributed by atoms with E-state index in [9.17, 15) is 13.2 Å². The second-order valence-electron chi connectivity index (χ2n) is 4.51. The number of nitrogens with zero attached hydrogens (tertiary/aromatic N) is 1. The molecule has 2 aromatic rings. The summed E-state index contributed by atoms with van der Waals surface area (Å²) in [4.78, 5) is 12.3. The molecular weight excluding hydrogens is 366 g/mol. The maximum atomic E-state index is 12.2. The summed E-state index contributed by atoms with van der Waals surface area (Å²) in [6, 6.07) is 14.4. The topological polar surface area (TPSA) is 91.3 Å². The maximum absolute atomic E-state index is 12.2. The molecule has 0 aliphatic carbocycles. The third-order valence-corrected chi connectivity index (χ3v) is 4.95. The van der Waals surface area contributed by atoms with E-state index in [4.69, 9.17) is 4.74 Å². The van der Waals surface area contributed by atoms with Crippen LogP contribution in [0.3, 0.4) is 0 Å². The molecule has 0 fully saturated rings. The van der Waals surface area contributed by atoms with Crippen LogP contribution >= 0.6 is 11.8 Å². The lowest BCUT2D eigenvalue weighted by Gasteiger charge is -2.06. The molecule has 2 rings (SSSR count). The summed E-state index contributed by atoms with van der Waals surface area (Å²) in [7, 11) is -1.54. The van der Waals surface area contributed by atoms with Crippen LogP contribution in [0.25, 0.3) is 0 Å². The summed E-state index contributed by atoms with van der Waals surface area (Å²) < 4.78 is 38.5. The van der Waals surface area contributed by atoms with Gasteiger partial charge in [0, 0.05) is 4.90 Å². The Kier molecular flexibility index (Phi) is 6.43. The van der Waals surface area contributed by atoms with Gasteiger partial charge in [-0.25, -0.2) is 4.79 Å². The quantitative estimate of drug-likeness (QED) is 0.258. The van der Waals surface area contributed by atoms with Gasteiger partial charge in [-0.3, -0.25) is 4.28 Å². The average Bonchev–Trinajstić information content (AvgIpc) is 2.65. The molecule has 2 aromatic carbocycles. The van der Waals surface area contributed by atoms with Crippen molar-refractivity contribution in [2.75, 3.05) is 14.2 Å². The third kappa shape index (κ3) is 5.23. The van der Waals surface area contributed by atoms with Gasteiger partial charge in [-0.2, -0.15) is 8.42 Å². The Morgan fingerprint density at radius 2 is 1.64 bits per heavy atom. The second-order valence-corrected chi connectivity index (χ2v) is 7.10. The number of thioether (sulfide) groups is 1. The van der Waals surface area contributed by atoms with E-state index in [0.29, 0.717) is 10.6 Å². The van der Waals surface area contributed by atoms with Crippen molar-refractivity contribution in [1.29, 1.82) is 0 Å². The number of benzene rings is 2. The predicted octanol–water partition coefficient (Wildman–Crippen LogP) is 2.68. The molecule has 0 aliphatic heterocycles. The van der Waals surface area contributed by atoms with Crippen LogP contribution in [0.5, 0.6) is 5.75 Å². The van der Waals surface area contributed by atoms with Crippen molar-refractivity contribution in [3.05, 3.63) is 54.6 Å². The van der Waals surface area contributed by atoms with Crippen LogP contribution < -0.4 is 4.74 Å². The van der Waals surface area contributed by atoms with E-state index in [1.807, 2.05) is 6.07 Å². The van der Waals surface area contributed by atoms with Crippen molar-refractivity contribution < 1.29 is 27.0 Å². The highest BCUT2D eigenvalue weighted by Gasteiger charge is 2.20. The molecular formula is C16H15NO6S2. The van der Waals surface area contributed by atoms with Crippen molar-refractivity contribution in [3.8, 4) is 5.75 Å². The highest BCUT2D eigenvalue weighted by molar-refractivity contribution is 8.15. The Hall–Kier alpha value is -2.52. The Balaban J connectivity index is 2.22. The highest BCUT2D eigenvalue weighted by atomic mass is 32.2. The number of hydrogen-bond donors (Lipinski definition) is 0. The number of oxime groups is 1. The monoisotopic (exact) mass is 381 g/mol. The second kappa shape index (κ2) is 8.54. The Labute approximate surface area is 149 Å². The molecule has 0 amide bonds. The van der Waals surface area contributed by atoms with Gasteiger partial charge in [-0.15, -0.1) is 0 Å². The van der Waals surface area contributed by atoms with Crippen LogP contribution in [0.15, 0.2) is 69.5 Å². The lowest BCUT2D eigenvalue weighted by Crippen LogP contribution is -2.14. The SMILES string of the molecule is COC(=O)C(=NOS(=O)(=O)c1ccc(OC)cc1)Sc1ccccc1. The van der Waals surface area contributed by atoms with Crippen molar-refractivity contribution >= 4 is 32.9 Å². The molecule has 0 saturated carbocycles. The number of esters is 1. The van der Waals surface area contributed by atoms with E-state index < -0.39 is 16.1 Å². The zero-order chi connectivity index (χ0) is 18.3. The fraction of sp³-hybridized carbons (Fsp3) is 0.125. The number of carbonyl (C=O) groups excluding carboxylic acids is 1. The molecule has 0 aliphatic rings. The first-order valence-electron chi connectivity index (χ1n) is 6.93. The molecule has 132 valence electrons. The molecule has 25 heavy (non-hydrogen) atoms. The first-order chi connectivity index (χ1) is 12.0. The molecule has 0 radical (unpaired) electrons. The van der Waals surface area contributed by atoms with Gasteiger partial charge in [0.25, 0.3) is 0 Å². The van der Waals surface area contributed by atoms with E-state index in [0.717, 1.165) is 11.8 Å². The number of rotatable bonds is 5. The minimum absolute atomic E-state index is 0.119. The fourth-order valence-electron chi connectivity index (χ4n) is 1.65. The molecule has 0 heterocycles. The zero-order valence-electron chi connectivity index (χ0n) is 13.4. The molecule has 0 N–H and O–H groups in total. The van der Waals surface area contributed by atoms with Crippen LogP contribution in [0, 0.1) is 0 Å². The van der Waals surface area contributed by atoms with Gasteiger partial charge in [0.2, 0.25) is 5.04 Å². The summed E-state index contributed by atoms with van der Waals surface area (Å²) in [5.41, 5.74) is 0. The summed E-state index contributed by atoms with van der Waals surface area (Å²) in [5.74, 6) is -0.309. The Morgan fingerprint density at radius 3 is 2.20 bits per heavy atom. The molecule has 0 bridgehead atoms. The summed E-state index contributed by atoms with van der Waals surface area (Å²) in [6.45, 7) is 0.